The van der Waals surface area contributed by atoms with E-state index in [1.807, 2.05) is 6.07 Å². The highest BCUT2D eigenvalue weighted by Crippen LogP contribution is 2.36. The number of hydrogen-bond donors (Lipinski definition) is 0. The van der Waals surface area contributed by atoms with Gasteiger partial charge in [0.2, 0.25) is 0 Å². The molecule has 0 spiro atoms. The van der Waals surface area contributed by atoms with E-state index in [1.54, 1.807) is 11.8 Å². The number of benzene rings is 2. The largest absolute Gasteiger partial charge is 0.0901 e. The zero-order chi connectivity index (χ0) is 15.5. The zero-order valence-corrected chi connectivity index (χ0v) is 13.5. The lowest BCUT2D eigenvalue weighted by atomic mass is 10.0. The molecule has 0 saturated heterocycles. The van der Waals surface area contributed by atoms with Gasteiger partial charge in [-0.3, -0.25) is 0 Å². The molecule has 0 N–H and O–H groups in total. The van der Waals surface area contributed by atoms with Crippen LogP contribution in [0.2, 0.25) is 0 Å². The summed E-state index contributed by atoms with van der Waals surface area (Å²) in [6, 6.07) is 34.3. The summed E-state index contributed by atoms with van der Waals surface area (Å²) < 4.78 is 0. The molecule has 2 aromatic rings. The van der Waals surface area contributed by atoms with Crippen molar-refractivity contribution in [2.45, 2.75) is 9.79 Å². The Labute approximate surface area is 141 Å². The van der Waals surface area contributed by atoms with Crippen LogP contribution in [0.25, 0.3) is 22.3 Å². The predicted molar refractivity (Wildman–Crippen MR) is 99.1 cm³/mol. The molecule has 0 amide bonds. The van der Waals surface area contributed by atoms with Crippen LogP contribution in [-0.2, 0) is 0 Å². The van der Waals surface area contributed by atoms with Gasteiger partial charge in [0, 0.05) is 9.79 Å². The van der Waals surface area contributed by atoms with Crippen LogP contribution in [0.3, 0.4) is 0 Å². The van der Waals surface area contributed by atoms with Crippen molar-refractivity contribution in [2.24, 2.45) is 0 Å². The summed E-state index contributed by atoms with van der Waals surface area (Å²) in [7, 11) is 0. The summed E-state index contributed by atoms with van der Waals surface area (Å²) in [4.78, 5) is 2.53. The molecule has 2 aliphatic rings. The van der Waals surface area contributed by atoms with Gasteiger partial charge in [0.25, 0.3) is 0 Å². The Morgan fingerprint density at radius 1 is 0.391 bits per heavy atom. The van der Waals surface area contributed by atoms with Gasteiger partial charge < -0.3 is 0 Å². The molecular formula is C22H16S. The van der Waals surface area contributed by atoms with Crippen molar-refractivity contribution in [1.29, 1.82) is 0 Å². The molecule has 4 rings (SSSR count). The van der Waals surface area contributed by atoms with Crippen molar-refractivity contribution in [3.63, 3.8) is 0 Å². The lowest BCUT2D eigenvalue weighted by Crippen LogP contribution is -1.78. The molecule has 23 heavy (non-hydrogen) atoms. The maximum Gasteiger partial charge on any atom is 0.0122 e. The monoisotopic (exact) mass is 312 g/mol. The van der Waals surface area contributed by atoms with Gasteiger partial charge in [-0.1, -0.05) is 84.6 Å². The van der Waals surface area contributed by atoms with E-state index in [9.17, 15) is 0 Å². The van der Waals surface area contributed by atoms with Crippen LogP contribution in [0.15, 0.2) is 107 Å². The molecule has 0 nitrogen and oxygen atoms in total. The summed E-state index contributed by atoms with van der Waals surface area (Å²) in [6.45, 7) is 0. The number of fused-ring (bicyclic) bond motifs is 1. The van der Waals surface area contributed by atoms with Crippen molar-refractivity contribution in [2.75, 3.05) is 0 Å². The topological polar surface area (TPSA) is 0 Å². The molecule has 2 aromatic carbocycles. The van der Waals surface area contributed by atoms with Gasteiger partial charge >= 0.3 is 0 Å². The van der Waals surface area contributed by atoms with E-state index < -0.39 is 0 Å². The second-order valence-corrected chi connectivity index (χ2v) is 6.61. The first kappa shape index (κ1) is 14.1. The lowest BCUT2D eigenvalue weighted by Gasteiger charge is -2.05. The van der Waals surface area contributed by atoms with Crippen molar-refractivity contribution in [3.8, 4) is 22.3 Å². The molecule has 0 aromatic heterocycles. The molecular weight excluding hydrogens is 296 g/mol. The average Bonchev–Trinajstić information content (AvgIpc) is 2.85. The van der Waals surface area contributed by atoms with E-state index in [2.05, 4.69) is 91.0 Å². The molecule has 0 bridgehead atoms. The molecule has 0 unspecified atom stereocenters. The Morgan fingerprint density at radius 2 is 0.913 bits per heavy atom. The molecule has 0 radical (unpaired) electrons. The average molecular weight is 312 g/mol. The Morgan fingerprint density at radius 3 is 1.70 bits per heavy atom. The second kappa shape index (κ2) is 6.31. The van der Waals surface area contributed by atoms with Gasteiger partial charge in [0.1, 0.15) is 0 Å². The maximum absolute atomic E-state index is 2.22. The SMILES string of the molecule is c1ccc(Sc2ccc(-c3ccc4cccccc3-4)cc2)cc1. The first-order valence-corrected chi connectivity index (χ1v) is 8.53. The minimum atomic E-state index is 1.27. The molecule has 1 heteroatoms. The van der Waals surface area contributed by atoms with Crippen molar-refractivity contribution in [1.82, 2.24) is 0 Å². The quantitative estimate of drug-likeness (QED) is 0.410. The fraction of sp³-hybridized carbons (Fsp3) is 0. The summed E-state index contributed by atoms with van der Waals surface area (Å²) in [5.74, 6) is 0. The Kier molecular flexibility index (Phi) is 3.87. The van der Waals surface area contributed by atoms with Gasteiger partial charge in [-0.05, 0) is 46.5 Å². The summed E-state index contributed by atoms with van der Waals surface area (Å²) in [5, 5.41) is 0. The van der Waals surface area contributed by atoms with Crippen LogP contribution in [0.1, 0.15) is 0 Å². The maximum atomic E-state index is 2.22. The first-order chi connectivity index (χ1) is 11.4. The van der Waals surface area contributed by atoms with Gasteiger partial charge in [-0.25, -0.2) is 0 Å². The Balaban J connectivity index is 1.63. The van der Waals surface area contributed by atoms with Crippen molar-refractivity contribution < 1.29 is 0 Å². The highest BCUT2D eigenvalue weighted by Gasteiger charge is 2.09. The third-order valence-corrected chi connectivity index (χ3v) is 4.95. The molecule has 0 fully saturated rings. The predicted octanol–water partition coefficient (Wildman–Crippen LogP) is 6.61. The summed E-state index contributed by atoms with van der Waals surface area (Å²) >= 11 is 1.80. The number of hydrogen-bond acceptors (Lipinski definition) is 1. The highest BCUT2D eigenvalue weighted by atomic mass is 32.2. The molecule has 0 saturated carbocycles. The highest BCUT2D eigenvalue weighted by molar-refractivity contribution is 7.99. The summed E-state index contributed by atoms with van der Waals surface area (Å²) in [6.07, 6.45) is 0. The number of rotatable bonds is 3. The van der Waals surface area contributed by atoms with E-state index >= 15 is 0 Å². The van der Waals surface area contributed by atoms with Gasteiger partial charge in [0.15, 0.2) is 0 Å². The van der Waals surface area contributed by atoms with E-state index in [1.165, 1.54) is 32.0 Å². The Hall–Kier alpha value is -2.51. The molecule has 0 heterocycles. The van der Waals surface area contributed by atoms with Crippen molar-refractivity contribution >= 4 is 11.8 Å². The van der Waals surface area contributed by atoms with Crippen LogP contribution in [-0.4, -0.2) is 0 Å². The van der Waals surface area contributed by atoms with Gasteiger partial charge in [-0.2, -0.15) is 0 Å². The van der Waals surface area contributed by atoms with E-state index in [-0.39, 0.29) is 0 Å². The normalized spacial score (nSPS) is 10.8. The smallest absolute Gasteiger partial charge is 0.0122 e. The van der Waals surface area contributed by atoms with Crippen LogP contribution < -0.4 is 0 Å². The standard InChI is InChI=1S/C22H16S/c1-3-7-17-13-16-22(21(17)10-6-1)18-11-14-20(15-12-18)23-19-8-4-2-5-9-19/h1-16H. The van der Waals surface area contributed by atoms with Gasteiger partial charge in [0.05, 0.1) is 0 Å². The minimum Gasteiger partial charge on any atom is -0.0901 e. The summed E-state index contributed by atoms with van der Waals surface area (Å²) in [5.41, 5.74) is 5.15. The fourth-order valence-electron chi connectivity index (χ4n) is 2.79. The Bertz CT molecular complexity index is 879. The molecule has 0 aliphatic heterocycles. The molecule has 0 atom stereocenters. The van der Waals surface area contributed by atoms with E-state index in [4.69, 9.17) is 0 Å². The van der Waals surface area contributed by atoms with Crippen LogP contribution in [0.5, 0.6) is 0 Å². The van der Waals surface area contributed by atoms with Crippen LogP contribution >= 0.6 is 11.8 Å². The lowest BCUT2D eigenvalue weighted by molar-refractivity contribution is 1.41. The molecule has 110 valence electrons. The fourth-order valence-corrected chi connectivity index (χ4v) is 3.63. The van der Waals surface area contributed by atoms with Gasteiger partial charge in [-0.15, -0.1) is 0 Å². The van der Waals surface area contributed by atoms with Crippen molar-refractivity contribution in [3.05, 3.63) is 97.1 Å². The third kappa shape index (κ3) is 3.01. The second-order valence-electron chi connectivity index (χ2n) is 5.47. The first-order valence-electron chi connectivity index (χ1n) is 7.71. The molecule has 2 aliphatic carbocycles. The van der Waals surface area contributed by atoms with E-state index in [0.717, 1.165) is 0 Å². The minimum absolute atomic E-state index is 1.27. The zero-order valence-electron chi connectivity index (χ0n) is 12.6. The van der Waals surface area contributed by atoms with Crippen LogP contribution in [0, 0.1) is 0 Å². The van der Waals surface area contributed by atoms with E-state index in [0.29, 0.717) is 0 Å². The van der Waals surface area contributed by atoms with Crippen LogP contribution in [0.4, 0.5) is 0 Å². The third-order valence-electron chi connectivity index (χ3n) is 3.94.